The molecule has 0 saturated carbocycles. The summed E-state index contributed by atoms with van der Waals surface area (Å²) >= 11 is 19.7. The molecule has 0 bridgehead atoms. The zero-order valence-electron chi connectivity index (χ0n) is 21.5. The van der Waals surface area contributed by atoms with Gasteiger partial charge < -0.3 is 9.47 Å². The number of esters is 1. The monoisotopic (exact) mass is 612 g/mol. The zero-order valence-corrected chi connectivity index (χ0v) is 24.6. The van der Waals surface area contributed by atoms with E-state index in [9.17, 15) is 9.59 Å². The molecule has 0 saturated heterocycles. The predicted octanol–water partition coefficient (Wildman–Crippen LogP) is 6.34. The van der Waals surface area contributed by atoms with Gasteiger partial charge in [0.15, 0.2) is 4.80 Å². The van der Waals surface area contributed by atoms with Crippen molar-refractivity contribution in [2.45, 2.75) is 26.5 Å². The summed E-state index contributed by atoms with van der Waals surface area (Å²) < 4.78 is 13.4. The average Bonchev–Trinajstić information content (AvgIpc) is 3.24. The molecule has 0 fully saturated rings. The van der Waals surface area contributed by atoms with E-state index in [0.717, 1.165) is 11.1 Å². The van der Waals surface area contributed by atoms with Crippen LogP contribution in [0.2, 0.25) is 15.1 Å². The van der Waals surface area contributed by atoms with Crippen molar-refractivity contribution in [2.24, 2.45) is 4.99 Å². The van der Waals surface area contributed by atoms with Crippen molar-refractivity contribution in [2.75, 3.05) is 6.61 Å². The minimum Gasteiger partial charge on any atom is -0.488 e. The fraction of sp³-hybridized carbons (Fsp3) is 0.167. The maximum atomic E-state index is 13.9. The molecule has 0 N–H and O–H groups in total. The highest BCUT2D eigenvalue weighted by atomic mass is 35.5. The molecule has 4 aromatic rings. The van der Waals surface area contributed by atoms with Crippen molar-refractivity contribution in [1.82, 2.24) is 4.57 Å². The van der Waals surface area contributed by atoms with Crippen LogP contribution in [-0.4, -0.2) is 17.1 Å². The second kappa shape index (κ2) is 12.0. The molecule has 1 atom stereocenters. The largest absolute Gasteiger partial charge is 0.488 e. The second-order valence-electron chi connectivity index (χ2n) is 8.93. The van der Waals surface area contributed by atoms with Gasteiger partial charge in [-0.2, -0.15) is 0 Å². The Morgan fingerprint density at radius 2 is 1.82 bits per heavy atom. The number of halogens is 3. The van der Waals surface area contributed by atoms with Gasteiger partial charge in [0, 0.05) is 10.6 Å². The first-order valence-electron chi connectivity index (χ1n) is 12.4. The molecule has 0 unspecified atom stereocenters. The number of hydrogen-bond acceptors (Lipinski definition) is 6. The SMILES string of the molecule is CCOC(=O)C1=C(C)N=c2s/c(=C\c3cc(Cl)ccc3OCc3ccc(Cl)c(Cl)c3)c(=O)n2[C@@H]1c1ccccc1. The molecule has 0 radical (unpaired) electrons. The highest BCUT2D eigenvalue weighted by molar-refractivity contribution is 7.07. The van der Waals surface area contributed by atoms with Crippen LogP contribution >= 0.6 is 46.1 Å². The van der Waals surface area contributed by atoms with Crippen LogP contribution in [0, 0.1) is 0 Å². The van der Waals surface area contributed by atoms with Crippen LogP contribution < -0.4 is 19.6 Å². The van der Waals surface area contributed by atoms with Crippen LogP contribution in [0.5, 0.6) is 5.75 Å². The van der Waals surface area contributed by atoms with E-state index in [1.807, 2.05) is 36.4 Å². The lowest BCUT2D eigenvalue weighted by molar-refractivity contribution is -0.139. The van der Waals surface area contributed by atoms with E-state index in [0.29, 0.717) is 47.0 Å². The highest BCUT2D eigenvalue weighted by Gasteiger charge is 2.33. The number of nitrogens with zero attached hydrogens (tertiary/aromatic N) is 2. The molecule has 1 aliphatic rings. The molecular weight excluding hydrogens is 591 g/mol. The molecule has 0 aliphatic carbocycles. The first kappa shape index (κ1) is 28.2. The molecule has 5 rings (SSSR count). The minimum absolute atomic E-state index is 0.210. The van der Waals surface area contributed by atoms with Crippen molar-refractivity contribution < 1.29 is 14.3 Å². The number of fused-ring (bicyclic) bond motifs is 1. The quantitative estimate of drug-likeness (QED) is 0.228. The summed E-state index contributed by atoms with van der Waals surface area (Å²) in [5.74, 6) is 0.0315. The number of carbonyl (C=O) groups is 1. The molecule has 0 spiro atoms. The molecule has 10 heteroatoms. The molecule has 3 aromatic carbocycles. The molecule has 204 valence electrons. The van der Waals surface area contributed by atoms with Gasteiger partial charge in [0.05, 0.1) is 38.5 Å². The highest BCUT2D eigenvalue weighted by Crippen LogP contribution is 2.31. The minimum atomic E-state index is -0.677. The molecule has 1 aromatic heterocycles. The lowest BCUT2D eigenvalue weighted by Gasteiger charge is -2.24. The Morgan fingerprint density at radius 1 is 1.05 bits per heavy atom. The number of hydrogen-bond donors (Lipinski definition) is 0. The maximum absolute atomic E-state index is 13.9. The Hall–Kier alpha value is -3.36. The van der Waals surface area contributed by atoms with E-state index in [4.69, 9.17) is 44.3 Å². The van der Waals surface area contributed by atoms with Crippen LogP contribution in [-0.2, 0) is 16.1 Å². The summed E-state index contributed by atoms with van der Waals surface area (Å²) in [6, 6.07) is 19.2. The number of benzene rings is 3. The molecular formula is C30H23Cl3N2O4S. The summed E-state index contributed by atoms with van der Waals surface area (Å²) in [5, 5.41) is 1.39. The zero-order chi connectivity index (χ0) is 28.4. The fourth-order valence-corrected chi connectivity index (χ4v) is 5.98. The Balaban J connectivity index is 1.60. The lowest BCUT2D eigenvalue weighted by atomic mass is 9.96. The van der Waals surface area contributed by atoms with Crippen LogP contribution in [0.3, 0.4) is 0 Å². The Labute approximate surface area is 249 Å². The van der Waals surface area contributed by atoms with Crippen molar-refractivity contribution in [3.8, 4) is 5.75 Å². The van der Waals surface area contributed by atoms with Gasteiger partial charge >= 0.3 is 5.97 Å². The van der Waals surface area contributed by atoms with Gasteiger partial charge in [-0.1, -0.05) is 82.5 Å². The van der Waals surface area contributed by atoms with E-state index in [2.05, 4.69) is 4.99 Å². The summed E-state index contributed by atoms with van der Waals surface area (Å²) in [5.41, 5.74) is 2.78. The standard InChI is InChI=1S/C30H23Cl3N2O4S/c1-3-38-29(37)26-17(2)34-30-35(27(26)19-7-5-4-6-8-19)28(36)25(40-30)15-20-14-21(31)10-12-24(20)39-16-18-9-11-22(32)23(33)13-18/h4-15,27H,3,16H2,1-2H3/b25-15-/t27-/m1/s1. The molecule has 6 nitrogen and oxygen atoms in total. The van der Waals surface area contributed by atoms with Crippen molar-refractivity contribution in [3.05, 3.63) is 129 Å². The van der Waals surface area contributed by atoms with Gasteiger partial charge in [-0.15, -0.1) is 0 Å². The van der Waals surface area contributed by atoms with Gasteiger partial charge in [-0.25, -0.2) is 9.79 Å². The number of thiazole rings is 1. The van der Waals surface area contributed by atoms with Gasteiger partial charge in [0.2, 0.25) is 0 Å². The van der Waals surface area contributed by atoms with E-state index in [-0.39, 0.29) is 18.8 Å². The first-order chi connectivity index (χ1) is 19.3. The average molecular weight is 614 g/mol. The first-order valence-corrected chi connectivity index (χ1v) is 14.3. The van der Waals surface area contributed by atoms with Crippen LogP contribution in [0.15, 0.2) is 87.8 Å². The van der Waals surface area contributed by atoms with E-state index >= 15 is 0 Å². The summed E-state index contributed by atoms with van der Waals surface area (Å²) in [4.78, 5) is 32.0. The van der Waals surface area contributed by atoms with E-state index < -0.39 is 12.0 Å². The summed E-state index contributed by atoms with van der Waals surface area (Å²) in [6.07, 6.45) is 1.73. The molecule has 40 heavy (non-hydrogen) atoms. The predicted molar refractivity (Wildman–Crippen MR) is 159 cm³/mol. The van der Waals surface area contributed by atoms with Gasteiger partial charge in [-0.05, 0) is 61.4 Å². The third-order valence-electron chi connectivity index (χ3n) is 6.27. The third kappa shape index (κ3) is 5.74. The Morgan fingerprint density at radius 3 is 2.55 bits per heavy atom. The van der Waals surface area contributed by atoms with E-state index in [1.54, 1.807) is 54.8 Å². The molecule has 0 amide bonds. The van der Waals surface area contributed by atoms with Crippen molar-refractivity contribution >= 4 is 58.2 Å². The fourth-order valence-electron chi connectivity index (χ4n) is 4.44. The summed E-state index contributed by atoms with van der Waals surface area (Å²) in [7, 11) is 0. The topological polar surface area (TPSA) is 69.9 Å². The molecule has 1 aliphatic heterocycles. The Bertz CT molecular complexity index is 1810. The van der Waals surface area contributed by atoms with Crippen LogP contribution in [0.1, 0.15) is 36.6 Å². The van der Waals surface area contributed by atoms with Gasteiger partial charge in [-0.3, -0.25) is 9.36 Å². The van der Waals surface area contributed by atoms with Gasteiger partial charge in [0.1, 0.15) is 12.4 Å². The summed E-state index contributed by atoms with van der Waals surface area (Å²) in [6.45, 7) is 3.94. The number of rotatable bonds is 7. The van der Waals surface area contributed by atoms with Gasteiger partial charge in [0.25, 0.3) is 5.56 Å². The normalized spacial score (nSPS) is 15.0. The van der Waals surface area contributed by atoms with E-state index in [1.165, 1.54) is 11.3 Å². The van der Waals surface area contributed by atoms with Crippen LogP contribution in [0.4, 0.5) is 0 Å². The smallest absolute Gasteiger partial charge is 0.338 e. The number of aromatic nitrogens is 1. The Kier molecular flexibility index (Phi) is 8.47. The lowest BCUT2D eigenvalue weighted by Crippen LogP contribution is -2.39. The van der Waals surface area contributed by atoms with Crippen molar-refractivity contribution in [3.63, 3.8) is 0 Å². The van der Waals surface area contributed by atoms with Crippen LogP contribution in [0.25, 0.3) is 6.08 Å². The second-order valence-corrected chi connectivity index (χ2v) is 11.2. The maximum Gasteiger partial charge on any atom is 0.338 e. The number of carbonyl (C=O) groups excluding carboxylic acids is 1. The number of allylic oxidation sites excluding steroid dienone is 1. The molecule has 2 heterocycles. The third-order valence-corrected chi connectivity index (χ3v) is 8.23. The van der Waals surface area contributed by atoms with Crippen molar-refractivity contribution in [1.29, 1.82) is 0 Å². The number of ether oxygens (including phenoxy) is 2.